The number of alkyl halides is 4. The number of carbonyl (C=O) groups is 1. The molecule has 1 aliphatic heterocycles. The van der Waals surface area contributed by atoms with Crippen molar-refractivity contribution in [2.24, 2.45) is 22.7 Å². The van der Waals surface area contributed by atoms with Gasteiger partial charge >= 0.3 is 0 Å². The minimum absolute atomic E-state index is 0.0468. The summed E-state index contributed by atoms with van der Waals surface area (Å²) in [5.74, 6) is 0.233. The van der Waals surface area contributed by atoms with Crippen molar-refractivity contribution in [2.45, 2.75) is 113 Å². The van der Waals surface area contributed by atoms with Gasteiger partial charge in [-0.25, -0.2) is 18.6 Å². The molecule has 34 heavy (non-hydrogen) atoms. The molecule has 3 saturated carbocycles. The molecule has 7 atom stereocenters. The average molecular weight is 506 g/mol. The van der Waals surface area contributed by atoms with Gasteiger partial charge in [0.1, 0.15) is 18.5 Å². The summed E-state index contributed by atoms with van der Waals surface area (Å²) in [5.41, 5.74) is 6.56. The maximum absolute atomic E-state index is 13.9. The van der Waals surface area contributed by atoms with Gasteiger partial charge in [-0.05, 0) is 88.9 Å². The van der Waals surface area contributed by atoms with Gasteiger partial charge < -0.3 is 5.32 Å². The van der Waals surface area contributed by atoms with Crippen molar-refractivity contribution in [3.63, 3.8) is 0 Å². The number of hydrazine groups is 1. The molecule has 7 unspecified atom stereocenters. The molecule has 0 aromatic rings. The van der Waals surface area contributed by atoms with Crippen molar-refractivity contribution in [1.29, 1.82) is 0 Å². The largest absolute Gasteiger partial charge is 0.339 e. The number of nitrogens with zero attached hydrogens (tertiary/aromatic N) is 1. The number of carbonyl (C=O) groups excluding carboxylic acids is 1. The van der Waals surface area contributed by atoms with Crippen LogP contribution in [0.4, 0.5) is 13.2 Å². The molecule has 6 nitrogen and oxygen atoms in total. The summed E-state index contributed by atoms with van der Waals surface area (Å²) < 4.78 is 41.0. The Balaban J connectivity index is 1.36. The fourth-order valence-electron chi connectivity index (χ4n) is 5.88. The molecule has 3 aliphatic carbocycles. The Morgan fingerprint density at radius 2 is 1.62 bits per heavy atom. The lowest BCUT2D eigenvalue weighted by Crippen LogP contribution is -2.52. The number of guanidine groups is 1. The van der Waals surface area contributed by atoms with Gasteiger partial charge in [0.05, 0.1) is 6.17 Å². The Labute approximate surface area is 205 Å². The van der Waals surface area contributed by atoms with Crippen LogP contribution in [-0.4, -0.2) is 54.5 Å². The van der Waals surface area contributed by atoms with E-state index >= 15 is 0 Å². The molecule has 0 radical (unpaired) electrons. The lowest BCUT2D eigenvalue weighted by Gasteiger charge is -2.29. The topological polar surface area (TPSA) is 77.5 Å². The fraction of sp³-hybridized carbons (Fsp3) is 0.917. The van der Waals surface area contributed by atoms with E-state index in [0.29, 0.717) is 69.8 Å². The van der Waals surface area contributed by atoms with Crippen molar-refractivity contribution >= 4 is 23.5 Å². The van der Waals surface area contributed by atoms with Gasteiger partial charge in [0, 0.05) is 23.9 Å². The second-order valence-corrected chi connectivity index (χ2v) is 11.2. The van der Waals surface area contributed by atoms with Crippen LogP contribution in [0.15, 0.2) is 4.99 Å². The summed E-state index contributed by atoms with van der Waals surface area (Å²) in [5, 5.41) is 5.91. The molecule has 4 N–H and O–H groups in total. The van der Waals surface area contributed by atoms with E-state index in [9.17, 15) is 18.0 Å². The average Bonchev–Trinajstić information content (AvgIpc) is 3.27. The van der Waals surface area contributed by atoms with Gasteiger partial charge in [-0.2, -0.15) is 0 Å². The molecule has 10 heteroatoms. The number of hydrogen-bond acceptors (Lipinski definition) is 4. The van der Waals surface area contributed by atoms with E-state index in [1.165, 1.54) is 0 Å². The second-order valence-electron chi connectivity index (χ2n) is 10.7. The third-order valence-corrected chi connectivity index (χ3v) is 8.60. The van der Waals surface area contributed by atoms with Crippen molar-refractivity contribution in [3.05, 3.63) is 0 Å². The normalized spacial score (nSPS) is 41.8. The van der Waals surface area contributed by atoms with Gasteiger partial charge in [-0.15, -0.1) is 11.6 Å². The minimum Gasteiger partial charge on any atom is -0.339 e. The van der Waals surface area contributed by atoms with Crippen LogP contribution in [0.1, 0.15) is 77.0 Å². The van der Waals surface area contributed by atoms with E-state index in [-0.39, 0.29) is 41.7 Å². The van der Waals surface area contributed by atoms with Crippen LogP contribution < -0.4 is 21.5 Å². The highest BCUT2D eigenvalue weighted by Crippen LogP contribution is 2.32. The first-order valence-electron chi connectivity index (χ1n) is 13.1. The van der Waals surface area contributed by atoms with Crippen LogP contribution in [0, 0.1) is 17.8 Å². The maximum atomic E-state index is 13.9. The highest BCUT2D eigenvalue weighted by Gasteiger charge is 2.35. The smallest absolute Gasteiger partial charge is 0.229 e. The molecule has 0 bridgehead atoms. The quantitative estimate of drug-likeness (QED) is 0.258. The van der Waals surface area contributed by atoms with Crippen LogP contribution in [0.3, 0.4) is 0 Å². The molecular weight excluding hydrogens is 467 g/mol. The molecular formula is C24H39ClF3N5O. The Bertz CT molecular complexity index is 708. The molecule has 0 aromatic carbocycles. The van der Waals surface area contributed by atoms with Crippen LogP contribution in [0.5, 0.6) is 0 Å². The molecule has 4 fully saturated rings. The predicted molar refractivity (Wildman–Crippen MR) is 128 cm³/mol. The summed E-state index contributed by atoms with van der Waals surface area (Å²) in [7, 11) is 0. The van der Waals surface area contributed by atoms with Crippen molar-refractivity contribution < 1.29 is 18.0 Å². The zero-order valence-corrected chi connectivity index (χ0v) is 20.5. The summed E-state index contributed by atoms with van der Waals surface area (Å²) >= 11 is 6.38. The van der Waals surface area contributed by atoms with Crippen LogP contribution in [0.25, 0.3) is 0 Å². The van der Waals surface area contributed by atoms with Crippen molar-refractivity contribution in [3.8, 4) is 0 Å². The van der Waals surface area contributed by atoms with Gasteiger partial charge in [-0.3, -0.25) is 20.5 Å². The van der Waals surface area contributed by atoms with E-state index in [0.717, 1.165) is 19.3 Å². The Hall–Kier alpha value is -1.06. The lowest BCUT2D eigenvalue weighted by molar-refractivity contribution is -0.125. The van der Waals surface area contributed by atoms with E-state index in [1.807, 2.05) is 0 Å². The zero-order chi connectivity index (χ0) is 24.1. The number of nitrogens with one attached hydrogen (secondary N) is 4. The fourth-order valence-corrected chi connectivity index (χ4v) is 6.28. The molecule has 1 amide bonds. The first-order valence-corrected chi connectivity index (χ1v) is 13.5. The van der Waals surface area contributed by atoms with Crippen LogP contribution in [0.2, 0.25) is 0 Å². The standard InChI is InChI=1S/C24H39ClF3N5O/c25-20-11-19(28)9-6-16(20)13-29-24(31-23(34)15-2-1-3-18(27)10-15)30-22-12-21(32-33-22)14-4-7-17(26)8-5-14/h14-22,32-33H,1-13H2,(H2,29,30,31,34). The molecule has 1 heterocycles. The number of amides is 1. The Kier molecular flexibility index (Phi) is 9.38. The first-order chi connectivity index (χ1) is 16.4. The molecule has 0 spiro atoms. The molecule has 0 aromatic heterocycles. The lowest BCUT2D eigenvalue weighted by atomic mass is 9.82. The van der Waals surface area contributed by atoms with Gasteiger partial charge in [0.15, 0.2) is 5.96 Å². The highest BCUT2D eigenvalue weighted by molar-refractivity contribution is 6.20. The summed E-state index contributed by atoms with van der Waals surface area (Å²) in [6.07, 6.45) is 4.70. The van der Waals surface area contributed by atoms with Crippen molar-refractivity contribution in [1.82, 2.24) is 21.5 Å². The van der Waals surface area contributed by atoms with Crippen LogP contribution >= 0.6 is 11.6 Å². The van der Waals surface area contributed by atoms with Gasteiger partial charge in [0.25, 0.3) is 0 Å². The highest BCUT2D eigenvalue weighted by atomic mass is 35.5. The first kappa shape index (κ1) is 26.0. The number of halogens is 4. The molecule has 194 valence electrons. The van der Waals surface area contributed by atoms with Crippen LogP contribution in [-0.2, 0) is 4.79 Å². The summed E-state index contributed by atoms with van der Waals surface area (Å²) in [6.45, 7) is 0.393. The summed E-state index contributed by atoms with van der Waals surface area (Å²) in [4.78, 5) is 17.5. The minimum atomic E-state index is -0.938. The van der Waals surface area contributed by atoms with E-state index < -0.39 is 18.5 Å². The Morgan fingerprint density at radius 1 is 0.882 bits per heavy atom. The van der Waals surface area contributed by atoms with E-state index in [1.54, 1.807) is 0 Å². The van der Waals surface area contributed by atoms with E-state index in [4.69, 9.17) is 11.6 Å². The number of hydrogen-bond donors (Lipinski definition) is 4. The van der Waals surface area contributed by atoms with Gasteiger partial charge in [-0.1, -0.05) is 0 Å². The summed E-state index contributed by atoms with van der Waals surface area (Å²) in [6, 6.07) is 0.222. The molecule has 4 aliphatic rings. The number of rotatable bonds is 5. The SMILES string of the molecule is O=C(NC(=NCC1CCC(F)CC1Cl)NC1CC(C2CCC(F)CC2)NN1)C1CCCC(F)C1. The van der Waals surface area contributed by atoms with E-state index in [2.05, 4.69) is 26.5 Å². The third-order valence-electron chi connectivity index (χ3n) is 8.06. The zero-order valence-electron chi connectivity index (χ0n) is 19.8. The predicted octanol–water partition coefficient (Wildman–Crippen LogP) is 4.04. The molecule has 4 rings (SSSR count). The molecule has 1 saturated heterocycles. The Morgan fingerprint density at radius 3 is 2.35 bits per heavy atom. The van der Waals surface area contributed by atoms with Gasteiger partial charge in [0.2, 0.25) is 5.91 Å². The third kappa shape index (κ3) is 7.23. The monoisotopic (exact) mass is 505 g/mol. The second kappa shape index (κ2) is 12.3. The number of aliphatic imine (C=N–C) groups is 1. The maximum Gasteiger partial charge on any atom is 0.229 e. The van der Waals surface area contributed by atoms with Crippen molar-refractivity contribution in [2.75, 3.05) is 6.54 Å².